The molecule has 0 bridgehead atoms. The Kier molecular flexibility index (Phi) is 5.63. The van der Waals surface area contributed by atoms with Crippen LogP contribution in [0.25, 0.3) is 22.2 Å². The summed E-state index contributed by atoms with van der Waals surface area (Å²) in [5.74, 6) is 1.19. The molecule has 1 saturated carbocycles. The van der Waals surface area contributed by atoms with Crippen LogP contribution in [0.4, 0.5) is 0 Å². The molecule has 1 aliphatic carbocycles. The summed E-state index contributed by atoms with van der Waals surface area (Å²) in [6, 6.07) is 10.7. The monoisotopic (exact) mass is 476 g/mol. The Morgan fingerprint density at radius 3 is 2.29 bits per heavy atom. The van der Waals surface area contributed by atoms with Crippen molar-refractivity contribution in [3.8, 4) is 11.1 Å². The lowest BCUT2D eigenvalue weighted by Crippen LogP contribution is -2.25. The summed E-state index contributed by atoms with van der Waals surface area (Å²) in [5, 5.41) is 5.16. The molecule has 7 heteroatoms. The molecule has 0 radical (unpaired) electrons. The van der Waals surface area contributed by atoms with Crippen LogP contribution >= 0.6 is 0 Å². The molecular formula is C27H32N4O2S. The summed E-state index contributed by atoms with van der Waals surface area (Å²) in [5.41, 5.74) is 3.70. The largest absolute Gasteiger partial charge is 0.275 e. The molecule has 4 aromatic rings. The van der Waals surface area contributed by atoms with Gasteiger partial charge in [-0.2, -0.15) is 5.10 Å². The van der Waals surface area contributed by atoms with Gasteiger partial charge in [0.25, 0.3) is 10.0 Å². The molecule has 1 aliphatic rings. The zero-order valence-corrected chi connectivity index (χ0v) is 21.1. The van der Waals surface area contributed by atoms with Crippen molar-refractivity contribution in [3.05, 3.63) is 66.7 Å². The number of hydrogen-bond acceptors (Lipinski definition) is 4. The molecule has 0 saturated heterocycles. The van der Waals surface area contributed by atoms with E-state index in [1.165, 1.54) is 22.4 Å². The smallest absolute Gasteiger partial charge is 0.269 e. The Balaban J connectivity index is 1.60. The maximum atomic E-state index is 13.5. The van der Waals surface area contributed by atoms with Gasteiger partial charge in [-0.25, -0.2) is 17.4 Å². The zero-order valence-electron chi connectivity index (χ0n) is 20.3. The van der Waals surface area contributed by atoms with Crippen LogP contribution in [0.3, 0.4) is 0 Å². The minimum absolute atomic E-state index is 0.246. The van der Waals surface area contributed by atoms with Crippen molar-refractivity contribution in [2.75, 3.05) is 0 Å². The fourth-order valence-corrected chi connectivity index (χ4v) is 6.64. The predicted octanol–water partition coefficient (Wildman–Crippen LogP) is 5.99. The predicted molar refractivity (Wildman–Crippen MR) is 135 cm³/mol. The summed E-state index contributed by atoms with van der Waals surface area (Å²) in [6.45, 7) is 7.00. The quantitative estimate of drug-likeness (QED) is 0.363. The first kappa shape index (κ1) is 22.8. The van der Waals surface area contributed by atoms with Gasteiger partial charge in [-0.1, -0.05) is 39.0 Å². The Hall–Kier alpha value is -2.93. The van der Waals surface area contributed by atoms with Crippen molar-refractivity contribution in [2.45, 2.75) is 57.3 Å². The summed E-state index contributed by atoms with van der Waals surface area (Å²) in [4.78, 5) is 4.97. The van der Waals surface area contributed by atoms with Crippen LogP contribution in [-0.2, 0) is 17.1 Å². The lowest BCUT2D eigenvalue weighted by molar-refractivity contribution is 0.169. The van der Waals surface area contributed by atoms with Gasteiger partial charge in [-0.3, -0.25) is 4.68 Å². The number of pyridine rings is 1. The van der Waals surface area contributed by atoms with E-state index >= 15 is 0 Å². The van der Waals surface area contributed by atoms with Gasteiger partial charge in [-0.15, -0.1) is 0 Å². The second kappa shape index (κ2) is 8.38. The molecule has 0 atom stereocenters. The lowest BCUT2D eigenvalue weighted by atomic mass is 9.69. The lowest BCUT2D eigenvalue weighted by Gasteiger charge is -2.37. The highest BCUT2D eigenvalue weighted by Crippen LogP contribution is 2.44. The Morgan fingerprint density at radius 2 is 1.68 bits per heavy atom. The van der Waals surface area contributed by atoms with Crippen molar-refractivity contribution >= 4 is 21.1 Å². The molecule has 0 unspecified atom stereocenters. The molecule has 0 spiro atoms. The number of rotatable bonds is 4. The highest BCUT2D eigenvalue weighted by molar-refractivity contribution is 7.90. The number of hydrogen-bond donors (Lipinski definition) is 0. The van der Waals surface area contributed by atoms with Gasteiger partial charge >= 0.3 is 0 Å². The summed E-state index contributed by atoms with van der Waals surface area (Å²) < 4.78 is 30.1. The highest BCUT2D eigenvalue weighted by Gasteiger charge is 2.31. The Morgan fingerprint density at radius 1 is 0.971 bits per heavy atom. The first-order chi connectivity index (χ1) is 16.1. The number of aromatic nitrogens is 4. The van der Waals surface area contributed by atoms with Crippen LogP contribution in [0.15, 0.2) is 66.1 Å². The van der Waals surface area contributed by atoms with Crippen molar-refractivity contribution < 1.29 is 8.42 Å². The van der Waals surface area contributed by atoms with Crippen molar-refractivity contribution in [1.82, 2.24) is 18.7 Å². The van der Waals surface area contributed by atoms with E-state index in [2.05, 4.69) is 31.9 Å². The molecule has 3 aromatic heterocycles. The van der Waals surface area contributed by atoms with Crippen LogP contribution in [0.5, 0.6) is 0 Å². The molecule has 1 fully saturated rings. The molecule has 0 aliphatic heterocycles. The van der Waals surface area contributed by atoms with Crippen LogP contribution in [0.2, 0.25) is 0 Å². The molecule has 3 heterocycles. The molecular weight excluding hydrogens is 444 g/mol. The van der Waals surface area contributed by atoms with E-state index in [9.17, 15) is 8.42 Å². The highest BCUT2D eigenvalue weighted by atomic mass is 32.2. The second-order valence-corrected chi connectivity index (χ2v) is 12.4. The number of benzene rings is 1. The van der Waals surface area contributed by atoms with Gasteiger partial charge in [0.2, 0.25) is 0 Å². The van der Waals surface area contributed by atoms with Crippen molar-refractivity contribution in [2.24, 2.45) is 18.4 Å². The van der Waals surface area contributed by atoms with Crippen molar-refractivity contribution in [3.63, 3.8) is 0 Å². The third-order valence-electron chi connectivity index (χ3n) is 7.37. The molecule has 6 nitrogen and oxygen atoms in total. The standard InChI is InChI=1S/C27H32N4O2S/c1-27(2,3)22-12-10-19(11-13-22)20-14-24-25(21-16-29-30(4)17-21)18-31(26(24)28-15-20)34(32,33)23-8-6-5-7-9-23/h5-9,14-19,22H,10-13H2,1-4H3. The van der Waals surface area contributed by atoms with Gasteiger partial charge in [0.15, 0.2) is 5.65 Å². The number of fused-ring (bicyclic) bond motifs is 1. The van der Waals surface area contributed by atoms with E-state index in [0.29, 0.717) is 17.0 Å². The molecule has 0 amide bonds. The van der Waals surface area contributed by atoms with Crippen LogP contribution in [-0.4, -0.2) is 27.2 Å². The van der Waals surface area contributed by atoms with E-state index in [1.54, 1.807) is 41.3 Å². The number of aryl methyl sites for hydroxylation is 1. The fourth-order valence-electron chi connectivity index (χ4n) is 5.29. The Labute approximate surface area is 201 Å². The normalized spacial score (nSPS) is 19.5. The van der Waals surface area contributed by atoms with E-state index in [0.717, 1.165) is 35.3 Å². The topological polar surface area (TPSA) is 69.8 Å². The van der Waals surface area contributed by atoms with Gasteiger partial charge in [-0.05, 0) is 66.7 Å². The minimum atomic E-state index is -3.78. The summed E-state index contributed by atoms with van der Waals surface area (Å²) in [7, 11) is -1.92. The van der Waals surface area contributed by atoms with Crippen LogP contribution < -0.4 is 0 Å². The molecule has 0 N–H and O–H groups in total. The summed E-state index contributed by atoms with van der Waals surface area (Å²) in [6.07, 6.45) is 12.0. The van der Waals surface area contributed by atoms with E-state index < -0.39 is 10.0 Å². The second-order valence-electron chi connectivity index (χ2n) is 10.6. The molecule has 1 aromatic carbocycles. The first-order valence-electron chi connectivity index (χ1n) is 12.0. The van der Waals surface area contributed by atoms with Gasteiger partial charge in [0.1, 0.15) is 0 Å². The SMILES string of the molecule is Cn1cc(-c2cn(S(=O)(=O)c3ccccc3)c3ncc(C4CCC(C(C)(C)C)CC4)cc23)cn1. The molecule has 5 rings (SSSR count). The third-order valence-corrected chi connectivity index (χ3v) is 9.04. The number of nitrogens with zero attached hydrogens (tertiary/aromatic N) is 4. The zero-order chi connectivity index (χ0) is 24.1. The first-order valence-corrected chi connectivity index (χ1v) is 13.4. The maximum Gasteiger partial charge on any atom is 0.269 e. The Bertz CT molecular complexity index is 1420. The maximum absolute atomic E-state index is 13.5. The molecule has 178 valence electrons. The summed E-state index contributed by atoms with van der Waals surface area (Å²) >= 11 is 0. The van der Waals surface area contributed by atoms with Crippen LogP contribution in [0.1, 0.15) is 57.9 Å². The van der Waals surface area contributed by atoms with E-state index in [4.69, 9.17) is 4.98 Å². The average Bonchev–Trinajstić information content (AvgIpc) is 3.42. The van der Waals surface area contributed by atoms with Crippen molar-refractivity contribution in [1.29, 1.82) is 0 Å². The van der Waals surface area contributed by atoms with Gasteiger partial charge in [0.05, 0.1) is 11.1 Å². The van der Waals surface area contributed by atoms with E-state index in [1.807, 2.05) is 25.5 Å². The third kappa shape index (κ3) is 4.06. The van der Waals surface area contributed by atoms with Gasteiger partial charge in [0, 0.05) is 42.2 Å². The minimum Gasteiger partial charge on any atom is -0.275 e. The van der Waals surface area contributed by atoms with Gasteiger partial charge < -0.3 is 0 Å². The fraction of sp³-hybridized carbons (Fsp3) is 0.407. The molecule has 34 heavy (non-hydrogen) atoms. The van der Waals surface area contributed by atoms with E-state index in [-0.39, 0.29) is 4.90 Å². The average molecular weight is 477 g/mol. The van der Waals surface area contributed by atoms with Crippen LogP contribution in [0, 0.1) is 11.3 Å².